The van der Waals surface area contributed by atoms with Crippen molar-refractivity contribution in [3.63, 3.8) is 0 Å². The Kier molecular flexibility index (Phi) is 8.43. The molecule has 1 aliphatic heterocycles. The van der Waals surface area contributed by atoms with Gasteiger partial charge < -0.3 is 4.90 Å². The molecular formula is C25H28N2O2S2. The topological polar surface area (TPSA) is 40.6 Å². The van der Waals surface area contributed by atoms with Crippen molar-refractivity contribution in [2.24, 2.45) is 0 Å². The Labute approximate surface area is 194 Å². The molecule has 1 heterocycles. The van der Waals surface area contributed by atoms with Crippen LogP contribution in [-0.4, -0.2) is 39.5 Å². The number of hydrogen-bond acceptors (Lipinski definition) is 4. The fourth-order valence-electron chi connectivity index (χ4n) is 3.37. The van der Waals surface area contributed by atoms with E-state index in [9.17, 15) is 9.59 Å². The highest BCUT2D eigenvalue weighted by Crippen LogP contribution is 2.32. The highest BCUT2D eigenvalue weighted by molar-refractivity contribution is 8.26. The molecule has 2 aromatic carbocycles. The van der Waals surface area contributed by atoms with E-state index in [4.69, 9.17) is 12.2 Å². The van der Waals surface area contributed by atoms with Gasteiger partial charge in [-0.1, -0.05) is 90.6 Å². The fraction of sp³-hybridized carbons (Fsp3) is 0.320. The van der Waals surface area contributed by atoms with Crippen LogP contribution in [0, 0.1) is 6.92 Å². The molecule has 2 amide bonds. The molecule has 0 spiro atoms. The zero-order valence-corrected chi connectivity index (χ0v) is 19.7. The lowest BCUT2D eigenvalue weighted by atomic mass is 10.1. The van der Waals surface area contributed by atoms with Crippen molar-refractivity contribution < 1.29 is 9.59 Å². The van der Waals surface area contributed by atoms with Crippen LogP contribution in [0.15, 0.2) is 59.5 Å². The molecule has 1 saturated heterocycles. The van der Waals surface area contributed by atoms with Crippen molar-refractivity contribution in [3.8, 4) is 0 Å². The van der Waals surface area contributed by atoms with Crippen LogP contribution >= 0.6 is 24.0 Å². The minimum absolute atomic E-state index is 0.0192. The second-order valence-corrected chi connectivity index (χ2v) is 9.47. The Morgan fingerprint density at radius 1 is 1.06 bits per heavy atom. The van der Waals surface area contributed by atoms with Crippen LogP contribution in [0.3, 0.4) is 0 Å². The third kappa shape index (κ3) is 6.77. The summed E-state index contributed by atoms with van der Waals surface area (Å²) in [6.45, 7) is 3.27. The second-order valence-electron chi connectivity index (χ2n) is 7.79. The maximum absolute atomic E-state index is 12.7. The zero-order chi connectivity index (χ0) is 22.2. The summed E-state index contributed by atoms with van der Waals surface area (Å²) in [5.74, 6) is 0.129. The molecule has 0 aromatic heterocycles. The molecule has 0 radical (unpaired) electrons. The summed E-state index contributed by atoms with van der Waals surface area (Å²) in [5, 5.41) is 0. The molecule has 0 saturated carbocycles. The van der Waals surface area contributed by atoms with Gasteiger partial charge in [-0.05, 0) is 37.0 Å². The molecule has 0 aliphatic carbocycles. The molecule has 2 aromatic rings. The van der Waals surface area contributed by atoms with Gasteiger partial charge in [0.1, 0.15) is 4.32 Å². The number of carbonyl (C=O) groups excluding carboxylic acids is 2. The highest BCUT2D eigenvalue weighted by Gasteiger charge is 2.31. The van der Waals surface area contributed by atoms with E-state index in [1.807, 2.05) is 74.6 Å². The maximum Gasteiger partial charge on any atom is 0.266 e. The summed E-state index contributed by atoms with van der Waals surface area (Å²) in [6.07, 6.45) is 4.96. The van der Waals surface area contributed by atoms with Gasteiger partial charge in [0.2, 0.25) is 5.91 Å². The SMILES string of the molecule is Cc1ccc(/C=C2\SC(=S)N(CCCCCC(=O)N(C)Cc3ccccc3)C2=O)cc1. The van der Waals surface area contributed by atoms with E-state index in [-0.39, 0.29) is 11.8 Å². The number of carbonyl (C=O) groups is 2. The molecule has 1 aliphatic rings. The van der Waals surface area contributed by atoms with E-state index in [2.05, 4.69) is 0 Å². The standard InChI is InChI=1S/C25H28N2O2S2/c1-19-12-14-20(15-13-19)17-22-24(29)27(25(30)31-22)16-8-4-7-11-23(28)26(2)18-21-9-5-3-6-10-21/h3,5-6,9-10,12-15,17H,4,7-8,11,16,18H2,1-2H3/b22-17-. The van der Waals surface area contributed by atoms with Gasteiger partial charge in [0.15, 0.2) is 0 Å². The summed E-state index contributed by atoms with van der Waals surface area (Å²) in [6, 6.07) is 18.1. The first-order valence-electron chi connectivity index (χ1n) is 10.5. The van der Waals surface area contributed by atoms with Gasteiger partial charge >= 0.3 is 0 Å². The van der Waals surface area contributed by atoms with Crippen molar-refractivity contribution in [3.05, 3.63) is 76.2 Å². The second kappa shape index (κ2) is 11.3. The molecule has 162 valence electrons. The highest BCUT2D eigenvalue weighted by atomic mass is 32.2. The van der Waals surface area contributed by atoms with Crippen molar-refractivity contribution >= 4 is 46.2 Å². The predicted octanol–water partition coefficient (Wildman–Crippen LogP) is 5.42. The number of benzene rings is 2. The maximum atomic E-state index is 12.7. The van der Waals surface area contributed by atoms with Crippen molar-refractivity contribution in [1.82, 2.24) is 9.80 Å². The first-order valence-corrected chi connectivity index (χ1v) is 11.8. The van der Waals surface area contributed by atoms with Crippen molar-refractivity contribution in [1.29, 1.82) is 0 Å². The van der Waals surface area contributed by atoms with Gasteiger partial charge in [-0.2, -0.15) is 0 Å². The van der Waals surface area contributed by atoms with Gasteiger partial charge in [0.05, 0.1) is 4.91 Å². The molecule has 6 heteroatoms. The number of thiocarbonyl (C=S) groups is 1. The summed E-state index contributed by atoms with van der Waals surface area (Å²) in [7, 11) is 1.84. The smallest absolute Gasteiger partial charge is 0.266 e. The van der Waals surface area contributed by atoms with Gasteiger partial charge in [-0.15, -0.1) is 0 Å². The Balaban J connectivity index is 1.40. The average molecular weight is 453 g/mol. The third-order valence-electron chi connectivity index (χ3n) is 5.21. The Hall–Kier alpha value is -2.44. The summed E-state index contributed by atoms with van der Waals surface area (Å²) in [4.78, 5) is 29.2. The number of unbranched alkanes of at least 4 members (excludes halogenated alkanes) is 2. The molecule has 31 heavy (non-hydrogen) atoms. The molecule has 0 unspecified atom stereocenters. The van der Waals surface area contributed by atoms with Crippen LogP contribution in [0.25, 0.3) is 6.08 Å². The van der Waals surface area contributed by atoms with Gasteiger partial charge in [-0.25, -0.2) is 0 Å². The number of aryl methyl sites for hydroxylation is 1. The molecule has 0 N–H and O–H groups in total. The monoisotopic (exact) mass is 452 g/mol. The van der Waals surface area contributed by atoms with E-state index in [0.29, 0.717) is 28.7 Å². The van der Waals surface area contributed by atoms with E-state index >= 15 is 0 Å². The average Bonchev–Trinajstić information content (AvgIpc) is 3.02. The third-order valence-corrected chi connectivity index (χ3v) is 6.59. The summed E-state index contributed by atoms with van der Waals surface area (Å²) >= 11 is 6.78. The lowest BCUT2D eigenvalue weighted by Crippen LogP contribution is -2.29. The minimum atomic E-state index is -0.0192. The molecule has 3 rings (SSSR count). The quantitative estimate of drug-likeness (QED) is 0.290. The lowest BCUT2D eigenvalue weighted by molar-refractivity contribution is -0.130. The van der Waals surface area contributed by atoms with Gasteiger partial charge in [-0.3, -0.25) is 14.5 Å². The van der Waals surface area contributed by atoms with Crippen LogP contribution < -0.4 is 0 Å². The van der Waals surface area contributed by atoms with Crippen molar-refractivity contribution in [2.45, 2.75) is 39.2 Å². The Morgan fingerprint density at radius 2 is 1.77 bits per heavy atom. The van der Waals surface area contributed by atoms with Gasteiger partial charge in [0, 0.05) is 26.6 Å². The molecular weight excluding hydrogens is 424 g/mol. The number of rotatable bonds is 9. The summed E-state index contributed by atoms with van der Waals surface area (Å²) in [5.41, 5.74) is 3.32. The summed E-state index contributed by atoms with van der Waals surface area (Å²) < 4.78 is 0.613. The van der Waals surface area contributed by atoms with Crippen LogP contribution in [0.5, 0.6) is 0 Å². The molecule has 0 atom stereocenters. The first kappa shape index (κ1) is 23.2. The largest absolute Gasteiger partial charge is 0.341 e. The normalized spacial score (nSPS) is 15.0. The number of nitrogens with zero attached hydrogens (tertiary/aromatic N) is 2. The van der Waals surface area contributed by atoms with Crippen molar-refractivity contribution in [2.75, 3.05) is 13.6 Å². The number of amides is 2. The van der Waals surface area contributed by atoms with Crippen LogP contribution in [0.2, 0.25) is 0 Å². The predicted molar refractivity (Wildman–Crippen MR) is 132 cm³/mol. The van der Waals surface area contributed by atoms with E-state index in [0.717, 1.165) is 30.4 Å². The zero-order valence-electron chi connectivity index (χ0n) is 18.0. The molecule has 4 nitrogen and oxygen atoms in total. The number of hydrogen-bond donors (Lipinski definition) is 0. The Bertz CT molecular complexity index is 955. The minimum Gasteiger partial charge on any atom is -0.341 e. The van der Waals surface area contributed by atoms with E-state index < -0.39 is 0 Å². The Morgan fingerprint density at radius 3 is 2.48 bits per heavy atom. The fourth-order valence-corrected chi connectivity index (χ4v) is 4.67. The number of thioether (sulfide) groups is 1. The van der Waals surface area contributed by atoms with Gasteiger partial charge in [0.25, 0.3) is 5.91 Å². The first-order chi connectivity index (χ1) is 14.9. The van der Waals surface area contributed by atoms with Crippen LogP contribution in [0.1, 0.15) is 42.4 Å². The van der Waals surface area contributed by atoms with Crippen LogP contribution in [0.4, 0.5) is 0 Å². The van der Waals surface area contributed by atoms with E-state index in [1.54, 1.807) is 9.80 Å². The van der Waals surface area contributed by atoms with E-state index in [1.165, 1.54) is 17.3 Å². The van der Waals surface area contributed by atoms with Crippen LogP contribution in [-0.2, 0) is 16.1 Å². The molecule has 1 fully saturated rings. The lowest BCUT2D eigenvalue weighted by Gasteiger charge is -2.17. The molecule has 0 bridgehead atoms.